The van der Waals surface area contributed by atoms with E-state index < -0.39 is 0 Å². The van der Waals surface area contributed by atoms with Crippen molar-refractivity contribution >= 4 is 27.0 Å². The Morgan fingerprint density at radius 1 is 1.24 bits per heavy atom. The second kappa shape index (κ2) is 5.95. The molecule has 5 heteroatoms. The van der Waals surface area contributed by atoms with Crippen LogP contribution in [0.4, 0.5) is 0 Å². The zero-order valence-electron chi connectivity index (χ0n) is 12.1. The Bertz CT molecular complexity index is 779. The number of nitrogens with one attached hydrogen (secondary N) is 1. The molecule has 1 aromatic carbocycles. The van der Waals surface area contributed by atoms with Crippen LogP contribution in [0.2, 0.25) is 0 Å². The van der Waals surface area contributed by atoms with E-state index in [1.807, 2.05) is 37.0 Å². The average molecular weight is 345 g/mol. The van der Waals surface area contributed by atoms with Gasteiger partial charge in [-0.1, -0.05) is 34.1 Å². The van der Waals surface area contributed by atoms with Crippen LogP contribution >= 0.6 is 15.9 Å². The predicted molar refractivity (Wildman–Crippen MR) is 87.9 cm³/mol. The number of nitrogens with zero attached hydrogens (tertiary/aromatic N) is 3. The van der Waals surface area contributed by atoms with Crippen LogP contribution in [0.5, 0.6) is 0 Å². The Balaban J connectivity index is 1.71. The lowest BCUT2D eigenvalue weighted by Gasteiger charge is -2.07. The Kier molecular flexibility index (Phi) is 4.03. The van der Waals surface area contributed by atoms with E-state index in [9.17, 15) is 0 Å². The van der Waals surface area contributed by atoms with Gasteiger partial charge in [0.1, 0.15) is 0 Å². The van der Waals surface area contributed by atoms with Crippen LogP contribution in [0.3, 0.4) is 0 Å². The van der Waals surface area contributed by atoms with Crippen molar-refractivity contribution < 1.29 is 0 Å². The van der Waals surface area contributed by atoms with Gasteiger partial charge in [0.25, 0.3) is 0 Å². The van der Waals surface area contributed by atoms with Crippen LogP contribution in [-0.4, -0.2) is 14.8 Å². The van der Waals surface area contributed by atoms with E-state index in [4.69, 9.17) is 0 Å². The largest absolute Gasteiger partial charge is 0.309 e. The third-order valence-corrected chi connectivity index (χ3v) is 4.30. The summed E-state index contributed by atoms with van der Waals surface area (Å²) in [6.07, 6.45) is 1.91. The van der Waals surface area contributed by atoms with Crippen LogP contribution in [0.1, 0.15) is 16.8 Å². The first-order chi connectivity index (χ1) is 10.1. The monoisotopic (exact) mass is 344 g/mol. The fourth-order valence-electron chi connectivity index (χ4n) is 2.43. The summed E-state index contributed by atoms with van der Waals surface area (Å²) in [5.41, 5.74) is 4.38. The number of rotatable bonds is 4. The van der Waals surface area contributed by atoms with Gasteiger partial charge in [0.15, 0.2) is 5.65 Å². The minimum atomic E-state index is 0.790. The van der Waals surface area contributed by atoms with Crippen LogP contribution in [-0.2, 0) is 20.1 Å². The molecule has 1 N–H and O–H groups in total. The first kappa shape index (κ1) is 14.2. The molecular formula is C16H17BrN4. The van der Waals surface area contributed by atoms with Crippen molar-refractivity contribution in [1.29, 1.82) is 0 Å². The zero-order chi connectivity index (χ0) is 14.8. The molecule has 108 valence electrons. The second-order valence-electron chi connectivity index (χ2n) is 5.12. The second-order valence-corrected chi connectivity index (χ2v) is 5.97. The molecule has 0 atom stereocenters. The van der Waals surface area contributed by atoms with Gasteiger partial charge >= 0.3 is 0 Å². The Labute approximate surface area is 132 Å². The molecule has 0 amide bonds. The van der Waals surface area contributed by atoms with E-state index in [0.717, 1.165) is 34.3 Å². The number of pyridine rings is 1. The summed E-state index contributed by atoms with van der Waals surface area (Å²) in [4.78, 5) is 4.50. The van der Waals surface area contributed by atoms with E-state index in [-0.39, 0.29) is 0 Å². The zero-order valence-corrected chi connectivity index (χ0v) is 13.7. The molecule has 0 aliphatic rings. The van der Waals surface area contributed by atoms with Crippen LogP contribution in [0.15, 0.2) is 41.0 Å². The highest BCUT2D eigenvalue weighted by Gasteiger charge is 2.07. The maximum Gasteiger partial charge on any atom is 0.157 e. The number of hydrogen-bond acceptors (Lipinski definition) is 3. The highest BCUT2D eigenvalue weighted by Crippen LogP contribution is 2.17. The highest BCUT2D eigenvalue weighted by atomic mass is 79.9. The summed E-state index contributed by atoms with van der Waals surface area (Å²) >= 11 is 3.56. The third kappa shape index (κ3) is 2.99. The number of halogens is 1. The van der Waals surface area contributed by atoms with Gasteiger partial charge in [-0.15, -0.1) is 0 Å². The molecule has 0 aliphatic carbocycles. The molecule has 0 unspecified atom stereocenters. The quantitative estimate of drug-likeness (QED) is 0.789. The first-order valence-corrected chi connectivity index (χ1v) is 7.67. The normalized spacial score (nSPS) is 11.2. The maximum absolute atomic E-state index is 4.50. The summed E-state index contributed by atoms with van der Waals surface area (Å²) in [5, 5.41) is 8.97. The summed E-state index contributed by atoms with van der Waals surface area (Å²) < 4.78 is 2.96. The van der Waals surface area contributed by atoms with Crippen molar-refractivity contribution in [2.75, 3.05) is 0 Å². The lowest BCUT2D eigenvalue weighted by atomic mass is 10.2. The molecule has 2 aromatic heterocycles. The number of fused-ring (bicyclic) bond motifs is 1. The molecule has 21 heavy (non-hydrogen) atoms. The molecule has 3 aromatic rings. The summed E-state index contributed by atoms with van der Waals surface area (Å²) in [6, 6.07) is 10.4. The molecule has 0 saturated heterocycles. The molecule has 0 fully saturated rings. The smallest absolute Gasteiger partial charge is 0.157 e. The van der Waals surface area contributed by atoms with Gasteiger partial charge in [0.05, 0.1) is 5.69 Å². The van der Waals surface area contributed by atoms with Gasteiger partial charge < -0.3 is 5.32 Å². The lowest BCUT2D eigenvalue weighted by molar-refractivity contribution is 0.690. The van der Waals surface area contributed by atoms with Crippen molar-refractivity contribution in [3.05, 3.63) is 57.8 Å². The van der Waals surface area contributed by atoms with Gasteiger partial charge in [-0.2, -0.15) is 5.10 Å². The molecule has 0 aliphatic heterocycles. The third-order valence-electron chi connectivity index (χ3n) is 3.52. The van der Waals surface area contributed by atoms with Crippen molar-refractivity contribution in [3.63, 3.8) is 0 Å². The van der Waals surface area contributed by atoms with E-state index in [1.165, 1.54) is 11.1 Å². The molecule has 3 rings (SSSR count). The average Bonchev–Trinajstić information content (AvgIpc) is 2.76. The summed E-state index contributed by atoms with van der Waals surface area (Å²) in [7, 11) is 1.92. The molecule has 0 spiro atoms. The molecule has 0 bridgehead atoms. The van der Waals surface area contributed by atoms with Gasteiger partial charge in [0.2, 0.25) is 0 Å². The molecule has 4 nitrogen and oxygen atoms in total. The molecular weight excluding hydrogens is 328 g/mol. The topological polar surface area (TPSA) is 42.7 Å². The van der Waals surface area contributed by atoms with E-state index in [2.05, 4.69) is 49.5 Å². The van der Waals surface area contributed by atoms with Gasteiger partial charge in [-0.25, -0.2) is 4.98 Å². The SMILES string of the molecule is Cc1nn(C)c2ncc(CNCc3ccccc3Br)cc12. The number of aryl methyl sites for hydroxylation is 2. The van der Waals surface area contributed by atoms with E-state index in [1.54, 1.807) is 0 Å². The van der Waals surface area contributed by atoms with Crippen LogP contribution in [0.25, 0.3) is 11.0 Å². The van der Waals surface area contributed by atoms with Crippen molar-refractivity contribution in [2.24, 2.45) is 7.05 Å². The number of benzene rings is 1. The Morgan fingerprint density at radius 3 is 2.86 bits per heavy atom. The summed E-state index contributed by atoms with van der Waals surface area (Å²) in [5.74, 6) is 0. The highest BCUT2D eigenvalue weighted by molar-refractivity contribution is 9.10. The van der Waals surface area contributed by atoms with Gasteiger partial charge in [-0.3, -0.25) is 4.68 Å². The predicted octanol–water partition coefficient (Wildman–Crippen LogP) is 3.33. The van der Waals surface area contributed by atoms with Gasteiger partial charge in [-0.05, 0) is 30.2 Å². The van der Waals surface area contributed by atoms with E-state index in [0.29, 0.717) is 0 Å². The van der Waals surface area contributed by atoms with Crippen molar-refractivity contribution in [1.82, 2.24) is 20.1 Å². The van der Waals surface area contributed by atoms with Crippen LogP contribution < -0.4 is 5.32 Å². The standard InChI is InChI=1S/C16H17BrN4/c1-11-14-7-12(9-19-16(14)21(2)20-11)8-18-10-13-5-3-4-6-15(13)17/h3-7,9,18H,8,10H2,1-2H3. The molecule has 2 heterocycles. The van der Waals surface area contributed by atoms with Crippen LogP contribution in [0, 0.1) is 6.92 Å². The summed E-state index contributed by atoms with van der Waals surface area (Å²) in [6.45, 7) is 3.63. The first-order valence-electron chi connectivity index (χ1n) is 6.87. The number of hydrogen-bond donors (Lipinski definition) is 1. The minimum Gasteiger partial charge on any atom is -0.309 e. The minimum absolute atomic E-state index is 0.790. The Hall–Kier alpha value is -1.72. The number of aromatic nitrogens is 3. The van der Waals surface area contributed by atoms with Gasteiger partial charge in [0, 0.05) is 36.2 Å². The fourth-order valence-corrected chi connectivity index (χ4v) is 2.86. The lowest BCUT2D eigenvalue weighted by Crippen LogP contribution is -2.13. The molecule has 0 saturated carbocycles. The van der Waals surface area contributed by atoms with Crippen molar-refractivity contribution in [2.45, 2.75) is 20.0 Å². The van der Waals surface area contributed by atoms with Crippen molar-refractivity contribution in [3.8, 4) is 0 Å². The molecule has 0 radical (unpaired) electrons. The fraction of sp³-hybridized carbons (Fsp3) is 0.250. The van der Waals surface area contributed by atoms with E-state index >= 15 is 0 Å². The Morgan fingerprint density at radius 2 is 2.05 bits per heavy atom. The maximum atomic E-state index is 4.50.